The first kappa shape index (κ1) is 24.9. The van der Waals surface area contributed by atoms with Crippen LogP contribution in [0.3, 0.4) is 0 Å². The molecule has 0 aromatic carbocycles. The summed E-state index contributed by atoms with van der Waals surface area (Å²) in [4.78, 5) is 27.5. The lowest BCUT2D eigenvalue weighted by atomic mass is 9.38. The van der Waals surface area contributed by atoms with E-state index in [0.29, 0.717) is 5.41 Å². The van der Waals surface area contributed by atoms with E-state index in [9.17, 15) is 14.9 Å². The van der Waals surface area contributed by atoms with Crippen LogP contribution in [0, 0.1) is 56.2 Å². The molecule has 35 heavy (non-hydrogen) atoms. The number of rotatable bonds is 1. The molecule has 5 aliphatic carbocycles. The minimum absolute atomic E-state index is 0.0582. The number of Topliss-reactive ketones (excluding diaryl/α,β-unsaturated/α-hetero) is 1. The SMILES string of the molecule is COC12C(=O)C=C3C4(C)C=C(C#N)C(=O)C(C)(C)C4CCC3(C)C1CCC1(CCC(C)(C)C1)C2C. The van der Waals surface area contributed by atoms with Crippen molar-refractivity contribution >= 4 is 11.6 Å². The molecule has 190 valence electrons. The zero-order valence-electron chi connectivity index (χ0n) is 23.0. The maximum absolute atomic E-state index is 14.3. The number of hydrogen-bond acceptors (Lipinski definition) is 4. The highest BCUT2D eigenvalue weighted by molar-refractivity contribution is 6.05. The summed E-state index contributed by atoms with van der Waals surface area (Å²) in [6.45, 7) is 15.5. The number of carbonyl (C=O) groups is 2. The van der Waals surface area contributed by atoms with Crippen LogP contribution in [-0.4, -0.2) is 24.3 Å². The fourth-order valence-corrected chi connectivity index (χ4v) is 10.4. The Morgan fingerprint density at radius 2 is 1.63 bits per heavy atom. The number of fused-ring (bicyclic) bond motifs is 5. The summed E-state index contributed by atoms with van der Waals surface area (Å²) in [5.74, 6) is 0.385. The second-order valence-corrected chi connectivity index (χ2v) is 14.4. The van der Waals surface area contributed by atoms with E-state index in [0.717, 1.165) is 37.7 Å². The molecule has 5 aliphatic rings. The van der Waals surface area contributed by atoms with Crippen LogP contribution in [0.15, 0.2) is 23.3 Å². The van der Waals surface area contributed by atoms with Crippen molar-refractivity contribution in [3.63, 3.8) is 0 Å². The molecule has 3 saturated carbocycles. The number of nitrogens with zero attached hydrogens (tertiary/aromatic N) is 1. The number of hydrogen-bond donors (Lipinski definition) is 0. The Kier molecular flexibility index (Phi) is 5.12. The van der Waals surface area contributed by atoms with E-state index in [1.807, 2.05) is 26.0 Å². The van der Waals surface area contributed by atoms with E-state index >= 15 is 0 Å². The van der Waals surface area contributed by atoms with Crippen molar-refractivity contribution < 1.29 is 14.3 Å². The summed E-state index contributed by atoms with van der Waals surface area (Å²) in [7, 11) is 1.76. The van der Waals surface area contributed by atoms with Crippen LogP contribution in [0.2, 0.25) is 0 Å². The first-order valence-corrected chi connectivity index (χ1v) is 13.6. The van der Waals surface area contributed by atoms with E-state index in [2.05, 4.69) is 40.7 Å². The minimum Gasteiger partial charge on any atom is -0.369 e. The smallest absolute Gasteiger partial charge is 0.188 e. The number of nitriles is 1. The van der Waals surface area contributed by atoms with Crippen molar-refractivity contribution in [2.45, 2.75) is 99.0 Å². The standard InChI is InChI=1S/C31H43NO3/c1-19-30(14-13-26(2,3)18-30)12-10-22-28(6)11-9-21-27(4,5)25(34)20(17-32)16-29(21,7)23(28)15-24(33)31(19,22)35-8/h15-16,19,21-22H,9-14,18H2,1-8H3. The molecule has 7 unspecified atom stereocenters. The zero-order chi connectivity index (χ0) is 25.8. The quantitative estimate of drug-likeness (QED) is 0.426. The molecule has 0 bridgehead atoms. The Hall–Kier alpha value is -1.73. The number of ether oxygens (including phenoxy) is 1. The number of ketones is 2. The third-order valence-electron chi connectivity index (χ3n) is 12.0. The maximum Gasteiger partial charge on any atom is 0.188 e. The van der Waals surface area contributed by atoms with Crippen LogP contribution >= 0.6 is 0 Å². The molecule has 0 aliphatic heterocycles. The van der Waals surface area contributed by atoms with Gasteiger partial charge in [0.25, 0.3) is 0 Å². The van der Waals surface area contributed by atoms with Gasteiger partial charge in [0.1, 0.15) is 11.7 Å². The van der Waals surface area contributed by atoms with Gasteiger partial charge in [0, 0.05) is 23.9 Å². The zero-order valence-corrected chi connectivity index (χ0v) is 23.0. The van der Waals surface area contributed by atoms with Crippen molar-refractivity contribution in [1.82, 2.24) is 0 Å². The second kappa shape index (κ2) is 7.18. The van der Waals surface area contributed by atoms with Gasteiger partial charge in [0.05, 0.1) is 5.57 Å². The predicted octanol–water partition coefficient (Wildman–Crippen LogP) is 6.60. The topological polar surface area (TPSA) is 67.2 Å². The van der Waals surface area contributed by atoms with Gasteiger partial charge < -0.3 is 4.74 Å². The van der Waals surface area contributed by atoms with E-state index < -0.39 is 16.4 Å². The van der Waals surface area contributed by atoms with E-state index in [-0.39, 0.29) is 45.7 Å². The summed E-state index contributed by atoms with van der Waals surface area (Å²) < 4.78 is 6.43. The Bertz CT molecular complexity index is 1100. The molecule has 4 heteroatoms. The summed E-state index contributed by atoms with van der Waals surface area (Å²) in [5.41, 5.74) is -0.279. The van der Waals surface area contributed by atoms with Crippen LogP contribution in [0.1, 0.15) is 93.4 Å². The Balaban J connectivity index is 1.68. The Morgan fingerprint density at radius 3 is 2.20 bits per heavy atom. The molecule has 0 N–H and O–H groups in total. The fourth-order valence-electron chi connectivity index (χ4n) is 10.4. The third-order valence-corrected chi connectivity index (χ3v) is 12.0. The monoisotopic (exact) mass is 477 g/mol. The Labute approximate surface area is 211 Å². The van der Waals surface area contributed by atoms with Crippen LogP contribution in [0.5, 0.6) is 0 Å². The van der Waals surface area contributed by atoms with Crippen LogP contribution < -0.4 is 0 Å². The molecular formula is C31H43NO3. The van der Waals surface area contributed by atoms with Crippen molar-refractivity contribution in [3.8, 4) is 6.07 Å². The van der Waals surface area contributed by atoms with Gasteiger partial charge in [-0.25, -0.2) is 0 Å². The average Bonchev–Trinajstić information content (AvgIpc) is 3.10. The number of methoxy groups -OCH3 is 1. The molecule has 7 atom stereocenters. The number of allylic oxidation sites excluding steroid dienone is 3. The lowest BCUT2D eigenvalue weighted by Gasteiger charge is -2.66. The first-order chi connectivity index (χ1) is 16.1. The van der Waals surface area contributed by atoms with E-state index in [1.165, 1.54) is 12.8 Å². The summed E-state index contributed by atoms with van der Waals surface area (Å²) in [6, 6.07) is 2.18. The summed E-state index contributed by atoms with van der Waals surface area (Å²) in [5, 5.41) is 9.83. The maximum atomic E-state index is 14.3. The number of carbonyl (C=O) groups excluding carboxylic acids is 2. The third kappa shape index (κ3) is 2.88. The van der Waals surface area contributed by atoms with E-state index in [4.69, 9.17) is 4.74 Å². The van der Waals surface area contributed by atoms with Crippen molar-refractivity contribution in [2.24, 2.45) is 44.8 Å². The molecule has 0 heterocycles. The minimum atomic E-state index is -0.804. The van der Waals surface area contributed by atoms with Crippen molar-refractivity contribution in [3.05, 3.63) is 23.3 Å². The van der Waals surface area contributed by atoms with Gasteiger partial charge in [0.15, 0.2) is 11.6 Å². The molecule has 5 rings (SSSR count). The normalized spacial score (nSPS) is 47.8. The van der Waals surface area contributed by atoms with Crippen LogP contribution in [0.25, 0.3) is 0 Å². The molecule has 0 amide bonds. The molecule has 1 spiro atoms. The summed E-state index contributed by atoms with van der Waals surface area (Å²) in [6.07, 6.45) is 11.4. The predicted molar refractivity (Wildman–Crippen MR) is 136 cm³/mol. The lowest BCUT2D eigenvalue weighted by Crippen LogP contribution is -2.68. The van der Waals surface area contributed by atoms with Crippen LogP contribution in [0.4, 0.5) is 0 Å². The van der Waals surface area contributed by atoms with Crippen molar-refractivity contribution in [1.29, 1.82) is 5.26 Å². The molecule has 0 aromatic heterocycles. The van der Waals surface area contributed by atoms with Gasteiger partial charge >= 0.3 is 0 Å². The van der Waals surface area contributed by atoms with Crippen molar-refractivity contribution in [2.75, 3.05) is 7.11 Å². The summed E-state index contributed by atoms with van der Waals surface area (Å²) >= 11 is 0. The van der Waals surface area contributed by atoms with Gasteiger partial charge in [-0.1, -0.05) is 60.1 Å². The van der Waals surface area contributed by atoms with Crippen LogP contribution in [-0.2, 0) is 14.3 Å². The largest absolute Gasteiger partial charge is 0.369 e. The molecule has 0 aromatic rings. The van der Waals surface area contributed by atoms with Gasteiger partial charge in [-0.2, -0.15) is 5.26 Å². The van der Waals surface area contributed by atoms with Gasteiger partial charge in [0.2, 0.25) is 0 Å². The molecule has 0 radical (unpaired) electrons. The van der Waals surface area contributed by atoms with E-state index in [1.54, 1.807) is 7.11 Å². The molecular weight excluding hydrogens is 434 g/mol. The molecule has 3 fully saturated rings. The fraction of sp³-hybridized carbons (Fsp3) is 0.774. The first-order valence-electron chi connectivity index (χ1n) is 13.6. The highest BCUT2D eigenvalue weighted by Gasteiger charge is 2.70. The van der Waals surface area contributed by atoms with Gasteiger partial charge in [-0.3, -0.25) is 9.59 Å². The highest BCUT2D eigenvalue weighted by Crippen LogP contribution is 2.72. The van der Waals surface area contributed by atoms with Gasteiger partial charge in [-0.05, 0) is 79.1 Å². The second-order valence-electron chi connectivity index (χ2n) is 14.4. The lowest BCUT2D eigenvalue weighted by molar-refractivity contribution is -0.202. The van der Waals surface area contributed by atoms with Gasteiger partial charge in [-0.15, -0.1) is 0 Å². The Morgan fingerprint density at radius 1 is 0.971 bits per heavy atom. The molecule has 0 saturated heterocycles. The highest BCUT2D eigenvalue weighted by atomic mass is 16.5. The molecule has 4 nitrogen and oxygen atoms in total. The average molecular weight is 478 g/mol.